The number of nitrogens with zero attached hydrogens (tertiary/aromatic N) is 2. The molecular formula is C18H23ClN2O3S. The van der Waals surface area contributed by atoms with Crippen LogP contribution in [0.1, 0.15) is 42.5 Å². The average molecular weight is 383 g/mol. The Morgan fingerprint density at radius 2 is 1.92 bits per heavy atom. The van der Waals surface area contributed by atoms with Gasteiger partial charge < -0.3 is 4.90 Å². The zero-order chi connectivity index (χ0) is 18.6. The van der Waals surface area contributed by atoms with E-state index >= 15 is 0 Å². The molecule has 1 aliphatic rings. The number of carbonyl (C=O) groups excluding carboxylic acids is 1. The summed E-state index contributed by atoms with van der Waals surface area (Å²) in [7, 11) is -0.764. The molecule has 0 unspecified atom stereocenters. The third-order valence-electron chi connectivity index (χ3n) is 4.48. The topological polar surface area (TPSA) is 57.7 Å². The van der Waals surface area contributed by atoms with E-state index in [9.17, 15) is 13.2 Å². The van der Waals surface area contributed by atoms with Crippen LogP contribution in [0.15, 0.2) is 23.1 Å². The van der Waals surface area contributed by atoms with Gasteiger partial charge in [0.25, 0.3) is 5.91 Å². The van der Waals surface area contributed by atoms with Gasteiger partial charge >= 0.3 is 0 Å². The Bertz CT molecular complexity index is 778. The van der Waals surface area contributed by atoms with Gasteiger partial charge in [-0.1, -0.05) is 36.8 Å². The Morgan fingerprint density at radius 3 is 2.48 bits per heavy atom. The maximum Gasteiger partial charge on any atom is 0.256 e. The molecule has 2 rings (SSSR count). The minimum Gasteiger partial charge on any atom is -0.324 e. The minimum absolute atomic E-state index is 0.0366. The standard InChI is InChI=1S/C18H23ClN2O3S/c1-4-12-21(14-8-6-5-7-9-14)18(22)16-13-15(10-11-17(16)19)25(23,24)20(2)3/h1,10-11,13-14H,5-9,12H2,2-3H3. The smallest absolute Gasteiger partial charge is 0.256 e. The Balaban J connectivity index is 2.41. The van der Waals surface area contributed by atoms with Gasteiger partial charge in [0.15, 0.2) is 0 Å². The molecule has 1 aliphatic carbocycles. The van der Waals surface area contributed by atoms with Crippen molar-refractivity contribution >= 4 is 27.5 Å². The summed E-state index contributed by atoms with van der Waals surface area (Å²) in [5, 5.41) is 0.223. The Morgan fingerprint density at radius 1 is 1.28 bits per heavy atom. The Hall–Kier alpha value is -1.55. The van der Waals surface area contributed by atoms with E-state index < -0.39 is 10.0 Å². The molecule has 1 fully saturated rings. The molecule has 1 aromatic carbocycles. The van der Waals surface area contributed by atoms with E-state index in [0.29, 0.717) is 0 Å². The molecule has 5 nitrogen and oxygen atoms in total. The molecule has 1 amide bonds. The van der Waals surface area contributed by atoms with Gasteiger partial charge in [-0.25, -0.2) is 12.7 Å². The summed E-state index contributed by atoms with van der Waals surface area (Å²) >= 11 is 6.20. The zero-order valence-corrected chi connectivity index (χ0v) is 16.1. The second kappa shape index (κ2) is 8.22. The molecule has 0 bridgehead atoms. The van der Waals surface area contributed by atoms with E-state index in [0.717, 1.165) is 36.4 Å². The summed E-state index contributed by atoms with van der Waals surface area (Å²) < 4.78 is 25.8. The minimum atomic E-state index is -3.65. The SMILES string of the molecule is C#CCN(C(=O)c1cc(S(=O)(=O)N(C)C)ccc1Cl)C1CCCCC1. The van der Waals surface area contributed by atoms with Gasteiger partial charge in [0.1, 0.15) is 0 Å². The van der Waals surface area contributed by atoms with Gasteiger partial charge in [-0.3, -0.25) is 4.79 Å². The highest BCUT2D eigenvalue weighted by molar-refractivity contribution is 7.89. The number of amides is 1. The van der Waals surface area contributed by atoms with E-state index in [4.69, 9.17) is 18.0 Å². The summed E-state index contributed by atoms with van der Waals surface area (Å²) in [5.41, 5.74) is 0.172. The highest BCUT2D eigenvalue weighted by atomic mass is 35.5. The third-order valence-corrected chi connectivity index (χ3v) is 6.63. The molecule has 0 spiro atoms. The molecule has 0 aromatic heterocycles. The molecule has 1 aromatic rings. The first-order valence-electron chi connectivity index (χ1n) is 8.25. The van der Waals surface area contributed by atoms with E-state index in [1.165, 1.54) is 32.3 Å². The van der Waals surface area contributed by atoms with Crippen molar-refractivity contribution in [3.63, 3.8) is 0 Å². The fourth-order valence-electron chi connectivity index (χ4n) is 3.05. The molecule has 0 saturated heterocycles. The van der Waals surface area contributed by atoms with Gasteiger partial charge in [0, 0.05) is 20.1 Å². The summed E-state index contributed by atoms with van der Waals surface area (Å²) in [4.78, 5) is 14.7. The molecule has 25 heavy (non-hydrogen) atoms. The number of hydrogen-bond acceptors (Lipinski definition) is 3. The van der Waals surface area contributed by atoms with Crippen molar-refractivity contribution in [2.24, 2.45) is 0 Å². The molecule has 136 valence electrons. The van der Waals surface area contributed by atoms with Crippen LogP contribution in [0.4, 0.5) is 0 Å². The highest BCUT2D eigenvalue weighted by Crippen LogP contribution is 2.27. The number of halogens is 1. The van der Waals surface area contributed by atoms with E-state index in [2.05, 4.69) is 5.92 Å². The van der Waals surface area contributed by atoms with Crippen molar-refractivity contribution in [1.29, 1.82) is 0 Å². The molecular weight excluding hydrogens is 360 g/mol. The highest BCUT2D eigenvalue weighted by Gasteiger charge is 2.28. The van der Waals surface area contributed by atoms with E-state index in [1.807, 2.05) is 0 Å². The third kappa shape index (κ3) is 4.35. The summed E-state index contributed by atoms with van der Waals surface area (Å²) in [6, 6.07) is 4.26. The number of carbonyl (C=O) groups is 1. The predicted molar refractivity (Wildman–Crippen MR) is 99.1 cm³/mol. The normalized spacial score (nSPS) is 15.8. The fourth-order valence-corrected chi connectivity index (χ4v) is 4.18. The van der Waals surface area contributed by atoms with Crippen LogP contribution in [0, 0.1) is 12.3 Å². The van der Waals surface area contributed by atoms with E-state index in [1.54, 1.807) is 4.90 Å². The van der Waals surface area contributed by atoms with Crippen molar-refractivity contribution < 1.29 is 13.2 Å². The van der Waals surface area contributed by atoms with Crippen molar-refractivity contribution in [1.82, 2.24) is 9.21 Å². The van der Waals surface area contributed by atoms with Crippen LogP contribution in [0.5, 0.6) is 0 Å². The van der Waals surface area contributed by atoms with Crippen molar-refractivity contribution in [2.45, 2.75) is 43.0 Å². The second-order valence-corrected chi connectivity index (χ2v) is 8.92. The number of hydrogen-bond donors (Lipinski definition) is 0. The van der Waals surface area contributed by atoms with Crippen LogP contribution in [-0.4, -0.2) is 50.2 Å². The van der Waals surface area contributed by atoms with E-state index in [-0.39, 0.29) is 34.0 Å². The van der Waals surface area contributed by atoms with Gasteiger partial charge in [0.05, 0.1) is 22.0 Å². The number of rotatable bonds is 5. The zero-order valence-electron chi connectivity index (χ0n) is 14.5. The lowest BCUT2D eigenvalue weighted by atomic mass is 9.93. The molecule has 1 saturated carbocycles. The maximum atomic E-state index is 13.0. The van der Waals surface area contributed by atoms with Crippen LogP contribution >= 0.6 is 11.6 Å². The monoisotopic (exact) mass is 382 g/mol. The number of terminal acetylenes is 1. The average Bonchev–Trinajstić information content (AvgIpc) is 2.60. The van der Waals surface area contributed by atoms with Gasteiger partial charge in [-0.2, -0.15) is 0 Å². The van der Waals surface area contributed by atoms with Crippen molar-refractivity contribution in [3.05, 3.63) is 28.8 Å². The first-order valence-corrected chi connectivity index (χ1v) is 10.1. The van der Waals surface area contributed by atoms with Gasteiger partial charge in [-0.05, 0) is 31.0 Å². The molecule has 0 N–H and O–H groups in total. The summed E-state index contributed by atoms with van der Waals surface area (Å²) in [6.45, 7) is 0.185. The summed E-state index contributed by atoms with van der Waals surface area (Å²) in [6.07, 6.45) is 10.5. The lowest BCUT2D eigenvalue weighted by molar-refractivity contribution is 0.0667. The Labute approximate surface area is 155 Å². The van der Waals surface area contributed by atoms with Crippen LogP contribution < -0.4 is 0 Å². The number of benzene rings is 1. The molecule has 0 heterocycles. The van der Waals surface area contributed by atoms with Crippen LogP contribution in [0.2, 0.25) is 5.02 Å². The second-order valence-electron chi connectivity index (χ2n) is 6.36. The summed E-state index contributed by atoms with van der Waals surface area (Å²) in [5.74, 6) is 2.22. The van der Waals surface area contributed by atoms with Gasteiger partial charge in [-0.15, -0.1) is 6.42 Å². The predicted octanol–water partition coefficient (Wildman–Crippen LogP) is 3.00. The first-order chi connectivity index (χ1) is 11.8. The molecule has 0 aliphatic heterocycles. The van der Waals surface area contributed by atoms with Crippen molar-refractivity contribution in [2.75, 3.05) is 20.6 Å². The first kappa shape index (κ1) is 19.8. The molecule has 7 heteroatoms. The lowest BCUT2D eigenvalue weighted by Gasteiger charge is -2.33. The van der Waals surface area contributed by atoms with Crippen LogP contribution in [0.25, 0.3) is 0 Å². The maximum absolute atomic E-state index is 13.0. The van der Waals surface area contributed by atoms with Crippen molar-refractivity contribution in [3.8, 4) is 12.3 Å². The Kier molecular flexibility index (Phi) is 6.50. The van der Waals surface area contributed by atoms with Crippen LogP contribution in [-0.2, 0) is 10.0 Å². The lowest BCUT2D eigenvalue weighted by Crippen LogP contribution is -2.42. The fraction of sp³-hybridized carbons (Fsp3) is 0.500. The number of sulfonamides is 1. The molecule has 0 atom stereocenters. The quantitative estimate of drug-likeness (QED) is 0.735. The largest absolute Gasteiger partial charge is 0.324 e. The van der Waals surface area contributed by atoms with Crippen LogP contribution in [0.3, 0.4) is 0 Å². The van der Waals surface area contributed by atoms with Gasteiger partial charge in [0.2, 0.25) is 10.0 Å². The molecule has 0 radical (unpaired) electrons.